The Hall–Kier alpha value is -1.72. The van der Waals surface area contributed by atoms with Gasteiger partial charge in [0.15, 0.2) is 5.96 Å². The van der Waals surface area contributed by atoms with Gasteiger partial charge in [-0.25, -0.2) is 9.38 Å². The minimum absolute atomic E-state index is 0. The van der Waals surface area contributed by atoms with Crippen molar-refractivity contribution < 1.29 is 22.7 Å². The number of aliphatic imine (C=N–C) groups is 1. The molecule has 158 valence electrons. The van der Waals surface area contributed by atoms with E-state index in [2.05, 4.69) is 20.4 Å². The third kappa shape index (κ3) is 7.02. The highest BCUT2D eigenvalue weighted by atomic mass is 127. The molecule has 28 heavy (non-hydrogen) atoms. The topological polar surface area (TPSA) is 66.0 Å². The Bertz CT molecular complexity index is 676. The molecule has 1 aliphatic rings. The molecule has 1 atom stereocenters. The van der Waals surface area contributed by atoms with Gasteiger partial charge in [-0.3, -0.25) is 4.79 Å². The maximum Gasteiger partial charge on any atom is 0.387 e. The van der Waals surface area contributed by atoms with Gasteiger partial charge >= 0.3 is 6.61 Å². The zero-order valence-electron chi connectivity index (χ0n) is 15.9. The second-order valence-corrected chi connectivity index (χ2v) is 6.11. The third-order valence-electron chi connectivity index (χ3n) is 4.22. The second kappa shape index (κ2) is 12.0. The summed E-state index contributed by atoms with van der Waals surface area (Å²) in [6, 6.07) is 3.79. The van der Waals surface area contributed by atoms with Crippen LogP contribution in [-0.4, -0.2) is 49.1 Å². The van der Waals surface area contributed by atoms with Crippen LogP contribution in [-0.2, 0) is 11.3 Å². The first kappa shape index (κ1) is 24.3. The normalized spacial score (nSPS) is 16.7. The van der Waals surface area contributed by atoms with Crippen LogP contribution >= 0.6 is 24.0 Å². The molecule has 1 unspecified atom stereocenters. The predicted molar refractivity (Wildman–Crippen MR) is 112 cm³/mol. The van der Waals surface area contributed by atoms with Crippen LogP contribution in [0.15, 0.2) is 23.2 Å². The zero-order chi connectivity index (χ0) is 19.8. The number of ether oxygens (including phenoxy) is 1. The smallest absolute Gasteiger partial charge is 0.387 e. The Kier molecular flexibility index (Phi) is 10.4. The van der Waals surface area contributed by atoms with Gasteiger partial charge < -0.3 is 20.3 Å². The minimum atomic E-state index is -3.04. The molecular weight excluding hydrogens is 488 g/mol. The van der Waals surface area contributed by atoms with Crippen LogP contribution in [0.4, 0.5) is 13.2 Å². The molecule has 1 aromatic carbocycles. The van der Waals surface area contributed by atoms with Crippen molar-refractivity contribution in [2.24, 2.45) is 4.99 Å². The molecule has 1 saturated heterocycles. The van der Waals surface area contributed by atoms with E-state index in [9.17, 15) is 18.0 Å². The van der Waals surface area contributed by atoms with Gasteiger partial charge in [-0.15, -0.1) is 24.0 Å². The standard InChI is InChI=1S/C18H25F3N4O2.HI/c1-3-16(26)25-9-8-12(11-25)24-18(22-4-2)23-10-13-14(19)6-5-7-15(13)27-17(20)21;/h5-7,12,17H,3-4,8-11H2,1-2H3,(H2,22,23,24);1H. The lowest BCUT2D eigenvalue weighted by molar-refractivity contribution is -0.129. The van der Waals surface area contributed by atoms with Crippen molar-refractivity contribution in [3.8, 4) is 5.75 Å². The molecule has 6 nitrogen and oxygen atoms in total. The van der Waals surface area contributed by atoms with Crippen molar-refractivity contribution in [2.45, 2.75) is 45.9 Å². The van der Waals surface area contributed by atoms with Gasteiger partial charge in [-0.1, -0.05) is 13.0 Å². The number of likely N-dealkylation sites (tertiary alicyclic amines) is 1. The number of hydrogen-bond donors (Lipinski definition) is 2. The Morgan fingerprint density at radius 1 is 1.39 bits per heavy atom. The summed E-state index contributed by atoms with van der Waals surface area (Å²) in [5.74, 6) is -0.362. The van der Waals surface area contributed by atoms with Crippen LogP contribution in [0.3, 0.4) is 0 Å². The number of halogens is 4. The number of carbonyl (C=O) groups excluding carboxylic acids is 1. The molecule has 10 heteroatoms. The summed E-state index contributed by atoms with van der Waals surface area (Å²) in [4.78, 5) is 17.9. The fourth-order valence-electron chi connectivity index (χ4n) is 2.90. The fourth-order valence-corrected chi connectivity index (χ4v) is 2.90. The third-order valence-corrected chi connectivity index (χ3v) is 4.22. The van der Waals surface area contributed by atoms with E-state index in [1.54, 1.807) is 4.90 Å². The summed E-state index contributed by atoms with van der Waals surface area (Å²) in [6.45, 7) is 2.32. The molecule has 1 fully saturated rings. The van der Waals surface area contributed by atoms with Crippen molar-refractivity contribution in [1.82, 2.24) is 15.5 Å². The fraction of sp³-hybridized carbons (Fsp3) is 0.556. The number of amides is 1. The summed E-state index contributed by atoms with van der Waals surface area (Å²) >= 11 is 0. The number of benzene rings is 1. The molecule has 0 aliphatic carbocycles. The summed E-state index contributed by atoms with van der Waals surface area (Å²) in [5, 5.41) is 6.25. The van der Waals surface area contributed by atoms with Gasteiger partial charge in [0, 0.05) is 32.1 Å². The van der Waals surface area contributed by atoms with Crippen molar-refractivity contribution in [2.75, 3.05) is 19.6 Å². The lowest BCUT2D eigenvalue weighted by Crippen LogP contribution is -2.45. The number of nitrogens with zero attached hydrogens (tertiary/aromatic N) is 2. The maximum atomic E-state index is 14.0. The molecule has 0 radical (unpaired) electrons. The molecule has 0 spiro atoms. The van der Waals surface area contributed by atoms with E-state index < -0.39 is 12.4 Å². The van der Waals surface area contributed by atoms with Crippen LogP contribution in [0.2, 0.25) is 0 Å². The van der Waals surface area contributed by atoms with Crippen LogP contribution in [0.1, 0.15) is 32.3 Å². The highest BCUT2D eigenvalue weighted by molar-refractivity contribution is 14.0. The predicted octanol–water partition coefficient (Wildman–Crippen LogP) is 3.11. The van der Waals surface area contributed by atoms with E-state index in [0.29, 0.717) is 32.0 Å². The van der Waals surface area contributed by atoms with E-state index in [4.69, 9.17) is 0 Å². The molecule has 1 aromatic rings. The summed E-state index contributed by atoms with van der Waals surface area (Å²) in [5.41, 5.74) is -0.0378. The molecule has 0 bridgehead atoms. The van der Waals surface area contributed by atoms with Crippen LogP contribution < -0.4 is 15.4 Å². The van der Waals surface area contributed by atoms with E-state index in [-0.39, 0.29) is 53.8 Å². The second-order valence-electron chi connectivity index (χ2n) is 6.11. The summed E-state index contributed by atoms with van der Waals surface area (Å²) in [7, 11) is 0. The molecule has 1 heterocycles. The molecule has 0 saturated carbocycles. The first-order valence-corrected chi connectivity index (χ1v) is 8.99. The number of guanidine groups is 1. The van der Waals surface area contributed by atoms with Gasteiger partial charge in [0.25, 0.3) is 0 Å². The molecule has 0 aromatic heterocycles. The zero-order valence-corrected chi connectivity index (χ0v) is 18.2. The molecule has 1 amide bonds. The SMILES string of the molecule is CCNC(=NCc1c(F)cccc1OC(F)F)NC1CCN(C(=O)CC)C1.I. The van der Waals surface area contributed by atoms with E-state index >= 15 is 0 Å². The molecule has 2 N–H and O–H groups in total. The van der Waals surface area contributed by atoms with Crippen LogP contribution in [0, 0.1) is 5.82 Å². The van der Waals surface area contributed by atoms with Crippen LogP contribution in [0.25, 0.3) is 0 Å². The summed E-state index contributed by atoms with van der Waals surface area (Å²) in [6.07, 6.45) is 1.23. The quantitative estimate of drug-likeness (QED) is 0.334. The highest BCUT2D eigenvalue weighted by Crippen LogP contribution is 2.24. The first-order valence-electron chi connectivity index (χ1n) is 8.99. The van der Waals surface area contributed by atoms with E-state index in [1.165, 1.54) is 18.2 Å². The number of carbonyl (C=O) groups is 1. The van der Waals surface area contributed by atoms with Gasteiger partial charge in [0.1, 0.15) is 11.6 Å². The Balaban J connectivity index is 0.00000392. The Morgan fingerprint density at radius 3 is 2.79 bits per heavy atom. The van der Waals surface area contributed by atoms with Gasteiger partial charge in [-0.2, -0.15) is 8.78 Å². The highest BCUT2D eigenvalue weighted by Gasteiger charge is 2.25. The Labute approximate surface area is 179 Å². The van der Waals surface area contributed by atoms with Gasteiger partial charge in [-0.05, 0) is 25.5 Å². The lowest BCUT2D eigenvalue weighted by atomic mass is 10.2. The van der Waals surface area contributed by atoms with Gasteiger partial charge in [0.05, 0.1) is 12.1 Å². The molecule has 1 aliphatic heterocycles. The van der Waals surface area contributed by atoms with Crippen LogP contribution in [0.5, 0.6) is 5.75 Å². The van der Waals surface area contributed by atoms with E-state index in [0.717, 1.165) is 6.42 Å². The van der Waals surface area contributed by atoms with Crippen molar-refractivity contribution in [1.29, 1.82) is 0 Å². The first-order chi connectivity index (χ1) is 12.9. The molecule has 2 rings (SSSR count). The average Bonchev–Trinajstić information content (AvgIpc) is 3.08. The van der Waals surface area contributed by atoms with Crippen molar-refractivity contribution >= 4 is 35.8 Å². The number of rotatable bonds is 7. The largest absolute Gasteiger partial charge is 0.434 e. The lowest BCUT2D eigenvalue weighted by Gasteiger charge is -2.19. The number of hydrogen-bond acceptors (Lipinski definition) is 3. The molecular formula is C18H26F3IN4O2. The Morgan fingerprint density at radius 2 is 2.14 bits per heavy atom. The number of nitrogens with one attached hydrogen (secondary N) is 2. The van der Waals surface area contributed by atoms with Gasteiger partial charge in [0.2, 0.25) is 5.91 Å². The van der Waals surface area contributed by atoms with E-state index in [1.807, 2.05) is 13.8 Å². The minimum Gasteiger partial charge on any atom is -0.434 e. The monoisotopic (exact) mass is 514 g/mol. The average molecular weight is 514 g/mol. The van der Waals surface area contributed by atoms with Crippen molar-refractivity contribution in [3.63, 3.8) is 0 Å². The summed E-state index contributed by atoms with van der Waals surface area (Å²) < 4.78 is 43.5. The number of alkyl halides is 2. The maximum absolute atomic E-state index is 14.0. The van der Waals surface area contributed by atoms with Crippen molar-refractivity contribution in [3.05, 3.63) is 29.6 Å².